The van der Waals surface area contributed by atoms with Gasteiger partial charge in [0.15, 0.2) is 15.7 Å². The van der Waals surface area contributed by atoms with Gasteiger partial charge in [-0.1, -0.05) is 25.5 Å². The molecule has 0 bridgehead atoms. The van der Waals surface area contributed by atoms with Gasteiger partial charge in [0.05, 0.1) is 22.8 Å². The van der Waals surface area contributed by atoms with E-state index in [4.69, 9.17) is 0 Å². The zero-order valence-electron chi connectivity index (χ0n) is 15.9. The van der Waals surface area contributed by atoms with Crippen molar-refractivity contribution in [1.82, 2.24) is 14.3 Å². The Morgan fingerprint density at radius 1 is 1.21 bits per heavy atom. The lowest BCUT2D eigenvalue weighted by molar-refractivity contribution is -0.130. The van der Waals surface area contributed by atoms with Crippen LogP contribution in [-0.4, -0.2) is 61.6 Å². The Balaban J connectivity index is 1.61. The quantitative estimate of drug-likeness (QED) is 0.658. The van der Waals surface area contributed by atoms with Gasteiger partial charge in [-0.3, -0.25) is 9.52 Å². The zero-order chi connectivity index (χ0) is 21.1. The number of carbonyl (C=O) groups excluding carboxylic acids is 1. The van der Waals surface area contributed by atoms with Crippen molar-refractivity contribution in [2.45, 2.75) is 31.1 Å². The monoisotopic (exact) mass is 458 g/mol. The Bertz CT molecular complexity index is 1060. The average molecular weight is 459 g/mol. The van der Waals surface area contributed by atoms with Crippen LogP contribution < -0.4 is 4.72 Å². The van der Waals surface area contributed by atoms with Gasteiger partial charge in [0.1, 0.15) is 0 Å². The van der Waals surface area contributed by atoms with Crippen molar-refractivity contribution in [3.05, 3.63) is 35.7 Å². The topological polar surface area (TPSA) is 126 Å². The standard InChI is InChI=1S/C17H22N4O5S3/c1-2-3-13-4-6-14(7-5-13)29(25,26)20-17-18-15(19-27-17)12-16(22)21-8-10-28(23,24)11-9-21/h4-7H,2-3,8-12H2,1H3,(H,18,19,20). The highest BCUT2D eigenvalue weighted by molar-refractivity contribution is 7.93. The van der Waals surface area contributed by atoms with Crippen molar-refractivity contribution in [2.24, 2.45) is 0 Å². The summed E-state index contributed by atoms with van der Waals surface area (Å²) in [5.74, 6) is -0.181. The van der Waals surface area contributed by atoms with Gasteiger partial charge < -0.3 is 4.90 Å². The number of benzene rings is 1. The summed E-state index contributed by atoms with van der Waals surface area (Å²) in [4.78, 5) is 18.0. The lowest BCUT2D eigenvalue weighted by Crippen LogP contribution is -2.44. The molecule has 1 fully saturated rings. The van der Waals surface area contributed by atoms with Gasteiger partial charge in [-0.05, 0) is 24.1 Å². The van der Waals surface area contributed by atoms with Crippen molar-refractivity contribution in [1.29, 1.82) is 0 Å². The van der Waals surface area contributed by atoms with E-state index in [-0.39, 0.29) is 52.8 Å². The number of anilines is 1. The molecule has 0 atom stereocenters. The first-order chi connectivity index (χ1) is 13.7. The summed E-state index contributed by atoms with van der Waals surface area (Å²) < 4.78 is 54.3. The molecule has 9 nitrogen and oxygen atoms in total. The molecular weight excluding hydrogens is 436 g/mol. The SMILES string of the molecule is CCCc1ccc(S(=O)(=O)Nc2nc(CC(=O)N3CCS(=O)(=O)CC3)ns2)cc1. The van der Waals surface area contributed by atoms with E-state index in [1.54, 1.807) is 24.3 Å². The van der Waals surface area contributed by atoms with Crippen LogP contribution in [-0.2, 0) is 37.5 Å². The molecule has 1 aromatic heterocycles. The lowest BCUT2D eigenvalue weighted by atomic mass is 10.1. The summed E-state index contributed by atoms with van der Waals surface area (Å²) in [6, 6.07) is 6.65. The van der Waals surface area contributed by atoms with Gasteiger partial charge in [-0.15, -0.1) is 0 Å². The van der Waals surface area contributed by atoms with Crippen molar-refractivity contribution in [3.63, 3.8) is 0 Å². The van der Waals surface area contributed by atoms with Crippen LogP contribution in [0.15, 0.2) is 29.2 Å². The molecule has 1 N–H and O–H groups in total. The number of nitrogens with one attached hydrogen (secondary N) is 1. The third kappa shape index (κ3) is 5.73. The second kappa shape index (κ2) is 8.76. The molecule has 158 valence electrons. The van der Waals surface area contributed by atoms with Gasteiger partial charge >= 0.3 is 0 Å². The molecular formula is C17H22N4O5S3. The molecule has 29 heavy (non-hydrogen) atoms. The molecule has 0 saturated carbocycles. The first-order valence-electron chi connectivity index (χ1n) is 9.11. The smallest absolute Gasteiger partial charge is 0.263 e. The van der Waals surface area contributed by atoms with Crippen molar-refractivity contribution in [2.75, 3.05) is 29.3 Å². The Hall–Kier alpha value is -2.05. The van der Waals surface area contributed by atoms with Crippen molar-refractivity contribution < 1.29 is 21.6 Å². The van der Waals surface area contributed by atoms with Crippen LogP contribution in [0.25, 0.3) is 0 Å². The third-order valence-electron chi connectivity index (χ3n) is 4.47. The average Bonchev–Trinajstić information content (AvgIpc) is 3.08. The van der Waals surface area contributed by atoms with E-state index in [0.29, 0.717) is 0 Å². The number of carbonyl (C=O) groups is 1. The summed E-state index contributed by atoms with van der Waals surface area (Å²) in [7, 11) is -6.87. The molecule has 12 heteroatoms. The molecule has 1 aliphatic heterocycles. The van der Waals surface area contributed by atoms with Crippen molar-refractivity contribution >= 4 is 42.4 Å². The number of rotatable bonds is 7. The molecule has 0 unspecified atom stereocenters. The Morgan fingerprint density at radius 2 is 1.86 bits per heavy atom. The van der Waals surface area contributed by atoms with Gasteiger partial charge in [0.2, 0.25) is 11.0 Å². The fourth-order valence-corrected chi connectivity index (χ4v) is 5.88. The second-order valence-electron chi connectivity index (χ2n) is 6.72. The number of nitrogens with zero attached hydrogens (tertiary/aromatic N) is 3. The maximum Gasteiger partial charge on any atom is 0.263 e. The molecule has 1 amide bonds. The van der Waals surface area contributed by atoms with Gasteiger partial charge in [0, 0.05) is 24.6 Å². The number of hydrogen-bond donors (Lipinski definition) is 1. The maximum absolute atomic E-state index is 12.5. The first-order valence-corrected chi connectivity index (χ1v) is 13.2. The molecule has 1 aliphatic rings. The van der Waals surface area contributed by atoms with E-state index >= 15 is 0 Å². The summed E-state index contributed by atoms with van der Waals surface area (Å²) in [5.41, 5.74) is 1.06. The highest BCUT2D eigenvalue weighted by Gasteiger charge is 2.26. The third-order valence-corrected chi connectivity index (χ3v) is 8.23. The minimum atomic E-state index is -3.80. The number of amides is 1. The minimum Gasteiger partial charge on any atom is -0.340 e. The highest BCUT2D eigenvalue weighted by Crippen LogP contribution is 2.19. The van der Waals surface area contributed by atoms with Gasteiger partial charge in [0.25, 0.3) is 10.0 Å². The molecule has 2 heterocycles. The van der Waals surface area contributed by atoms with E-state index in [1.807, 2.05) is 0 Å². The molecule has 1 saturated heterocycles. The molecule has 1 aromatic carbocycles. The molecule has 0 radical (unpaired) electrons. The van der Waals surface area contributed by atoms with Crippen LogP contribution in [0.2, 0.25) is 0 Å². The van der Waals surface area contributed by atoms with Crippen molar-refractivity contribution in [3.8, 4) is 0 Å². The predicted octanol–water partition coefficient (Wildman–Crippen LogP) is 1.09. The predicted molar refractivity (Wildman–Crippen MR) is 110 cm³/mol. The van der Waals surface area contributed by atoms with E-state index in [1.165, 1.54) is 4.90 Å². The number of sulfonamides is 1. The normalized spacial score (nSPS) is 16.5. The first kappa shape index (κ1) is 21.7. The van der Waals surface area contributed by atoms with Gasteiger partial charge in [-0.25, -0.2) is 21.8 Å². The minimum absolute atomic E-state index is 0.0503. The molecule has 0 aliphatic carbocycles. The lowest BCUT2D eigenvalue weighted by Gasteiger charge is -2.26. The van der Waals surface area contributed by atoms with E-state index < -0.39 is 19.9 Å². The van der Waals surface area contributed by atoms with E-state index in [0.717, 1.165) is 29.9 Å². The van der Waals surface area contributed by atoms with Crippen LogP contribution in [0.4, 0.5) is 5.13 Å². The van der Waals surface area contributed by atoms with Crippen LogP contribution in [0.5, 0.6) is 0 Å². The fourth-order valence-electron chi connectivity index (χ4n) is 2.87. The summed E-state index contributed by atoms with van der Waals surface area (Å²) in [6.45, 7) is 2.36. The Morgan fingerprint density at radius 3 is 2.48 bits per heavy atom. The highest BCUT2D eigenvalue weighted by atomic mass is 32.2. The Kier molecular flexibility index (Phi) is 6.54. The summed E-state index contributed by atoms with van der Waals surface area (Å²) >= 11 is 0.853. The number of aryl methyl sites for hydroxylation is 1. The summed E-state index contributed by atoms with van der Waals surface area (Å²) in [5, 5.41) is 0.0756. The number of sulfone groups is 1. The van der Waals surface area contributed by atoms with Gasteiger partial charge in [-0.2, -0.15) is 4.37 Å². The fraction of sp³-hybridized carbons (Fsp3) is 0.471. The summed E-state index contributed by atoms with van der Waals surface area (Å²) in [6.07, 6.45) is 1.75. The largest absolute Gasteiger partial charge is 0.340 e. The Labute approximate surface area is 174 Å². The van der Waals surface area contributed by atoms with Crippen LogP contribution >= 0.6 is 11.5 Å². The van der Waals surface area contributed by atoms with E-state index in [9.17, 15) is 21.6 Å². The van der Waals surface area contributed by atoms with E-state index in [2.05, 4.69) is 21.0 Å². The number of aromatic nitrogens is 2. The molecule has 3 rings (SSSR count). The van der Waals surface area contributed by atoms with Crippen LogP contribution in [0.3, 0.4) is 0 Å². The molecule has 2 aromatic rings. The second-order valence-corrected chi connectivity index (χ2v) is 11.5. The zero-order valence-corrected chi connectivity index (χ0v) is 18.3. The maximum atomic E-state index is 12.5. The number of hydrogen-bond acceptors (Lipinski definition) is 8. The molecule has 0 spiro atoms. The van der Waals surface area contributed by atoms with Crippen LogP contribution in [0, 0.1) is 0 Å². The van der Waals surface area contributed by atoms with Crippen LogP contribution in [0.1, 0.15) is 24.7 Å².